The maximum atomic E-state index is 5.78. The number of aromatic nitrogens is 2. The molecule has 1 atom stereocenters. The molecule has 1 aliphatic rings. The molecule has 0 fully saturated rings. The van der Waals surface area contributed by atoms with Crippen LogP contribution >= 0.6 is 0 Å². The van der Waals surface area contributed by atoms with Crippen LogP contribution in [0, 0.1) is 0 Å². The molecule has 2 rings (SSSR count). The van der Waals surface area contributed by atoms with Crippen molar-refractivity contribution in [3.63, 3.8) is 0 Å². The van der Waals surface area contributed by atoms with Gasteiger partial charge in [0.2, 0.25) is 0 Å². The maximum Gasteiger partial charge on any atom is 0.113 e. The van der Waals surface area contributed by atoms with E-state index in [9.17, 15) is 0 Å². The summed E-state index contributed by atoms with van der Waals surface area (Å²) in [5.41, 5.74) is 7.12. The number of nitrogens with zero attached hydrogens (tertiary/aromatic N) is 2. The molecule has 1 aliphatic heterocycles. The van der Waals surface area contributed by atoms with Crippen LogP contribution in [0.25, 0.3) is 0 Å². The quantitative estimate of drug-likeness (QED) is 0.765. The second-order valence-corrected chi connectivity index (χ2v) is 5.50. The first-order valence-corrected chi connectivity index (χ1v) is 5.80. The average molecular weight is 207 g/mol. The van der Waals surface area contributed by atoms with Crippen LogP contribution in [0.2, 0.25) is 0 Å². The van der Waals surface area contributed by atoms with Crippen molar-refractivity contribution < 1.29 is 0 Å². The van der Waals surface area contributed by atoms with Gasteiger partial charge >= 0.3 is 0 Å². The van der Waals surface area contributed by atoms with Gasteiger partial charge in [-0.25, -0.2) is 4.98 Å². The van der Waals surface area contributed by atoms with Crippen LogP contribution in [0.4, 0.5) is 0 Å². The Kier molecular flexibility index (Phi) is 2.59. The van der Waals surface area contributed by atoms with Gasteiger partial charge in [-0.15, -0.1) is 0 Å². The Hall–Kier alpha value is -0.830. The number of rotatable bonds is 1. The third-order valence-corrected chi connectivity index (χ3v) is 3.18. The predicted octanol–water partition coefficient (Wildman–Crippen LogP) is 2.02. The number of fused-ring (bicyclic) bond motifs is 1. The maximum absolute atomic E-state index is 5.78. The van der Waals surface area contributed by atoms with Gasteiger partial charge in [-0.3, -0.25) is 0 Å². The second kappa shape index (κ2) is 3.63. The van der Waals surface area contributed by atoms with Gasteiger partial charge < -0.3 is 10.3 Å². The highest BCUT2D eigenvalue weighted by Crippen LogP contribution is 2.29. The number of hydrogen-bond donors (Lipinski definition) is 1. The molecule has 2 heterocycles. The number of hydrogen-bond acceptors (Lipinski definition) is 2. The van der Waals surface area contributed by atoms with Gasteiger partial charge in [0.1, 0.15) is 5.82 Å². The SMILES string of the molecule is CC(C)(C)c1cn2c(n1)[C@@H](CN)CCC2. The van der Waals surface area contributed by atoms with Crippen molar-refractivity contribution >= 4 is 0 Å². The zero-order valence-electron chi connectivity index (χ0n) is 9.95. The number of aryl methyl sites for hydroxylation is 1. The molecule has 0 unspecified atom stereocenters. The van der Waals surface area contributed by atoms with Crippen LogP contribution in [0.1, 0.15) is 51.0 Å². The average Bonchev–Trinajstić information content (AvgIpc) is 2.59. The minimum Gasteiger partial charge on any atom is -0.334 e. The van der Waals surface area contributed by atoms with Crippen LogP contribution in [-0.4, -0.2) is 16.1 Å². The normalized spacial score (nSPS) is 21.5. The molecule has 2 N–H and O–H groups in total. The van der Waals surface area contributed by atoms with Crippen molar-refractivity contribution in [2.45, 2.75) is 51.5 Å². The zero-order valence-corrected chi connectivity index (χ0v) is 9.95. The first kappa shape index (κ1) is 10.7. The van der Waals surface area contributed by atoms with Crippen molar-refractivity contribution in [1.29, 1.82) is 0 Å². The molecule has 0 aliphatic carbocycles. The van der Waals surface area contributed by atoms with Gasteiger partial charge in [0, 0.05) is 30.6 Å². The fourth-order valence-corrected chi connectivity index (χ4v) is 2.16. The Bertz CT molecular complexity index is 346. The van der Waals surface area contributed by atoms with Gasteiger partial charge in [-0.1, -0.05) is 20.8 Å². The van der Waals surface area contributed by atoms with E-state index in [0.717, 1.165) is 13.1 Å². The Balaban J connectivity index is 2.37. The highest BCUT2D eigenvalue weighted by atomic mass is 15.1. The van der Waals surface area contributed by atoms with Crippen LogP contribution in [-0.2, 0) is 12.0 Å². The first-order valence-electron chi connectivity index (χ1n) is 5.80. The molecule has 3 heteroatoms. The largest absolute Gasteiger partial charge is 0.334 e. The van der Waals surface area contributed by atoms with Crippen molar-refractivity contribution in [2.75, 3.05) is 6.54 Å². The highest BCUT2D eigenvalue weighted by Gasteiger charge is 2.25. The minimum absolute atomic E-state index is 0.142. The molecular weight excluding hydrogens is 186 g/mol. The molecule has 0 bridgehead atoms. The van der Waals surface area contributed by atoms with Crippen molar-refractivity contribution in [1.82, 2.24) is 9.55 Å². The van der Waals surface area contributed by atoms with Crippen LogP contribution < -0.4 is 5.73 Å². The minimum atomic E-state index is 0.142. The summed E-state index contributed by atoms with van der Waals surface area (Å²) >= 11 is 0. The smallest absolute Gasteiger partial charge is 0.113 e. The van der Waals surface area contributed by atoms with Crippen LogP contribution in [0.15, 0.2) is 6.20 Å². The van der Waals surface area contributed by atoms with Gasteiger partial charge in [0.25, 0.3) is 0 Å². The van der Waals surface area contributed by atoms with Gasteiger partial charge in [-0.05, 0) is 12.8 Å². The van der Waals surface area contributed by atoms with Crippen LogP contribution in [0.5, 0.6) is 0 Å². The Labute approximate surface area is 91.7 Å². The van der Waals surface area contributed by atoms with Crippen molar-refractivity contribution in [3.05, 3.63) is 17.7 Å². The third kappa shape index (κ3) is 1.93. The fraction of sp³-hybridized carbons (Fsp3) is 0.750. The highest BCUT2D eigenvalue weighted by molar-refractivity contribution is 5.17. The van der Waals surface area contributed by atoms with E-state index in [1.54, 1.807) is 0 Å². The molecule has 3 nitrogen and oxygen atoms in total. The van der Waals surface area contributed by atoms with Gasteiger partial charge in [0.05, 0.1) is 5.69 Å². The van der Waals surface area contributed by atoms with Gasteiger partial charge in [0.15, 0.2) is 0 Å². The summed E-state index contributed by atoms with van der Waals surface area (Å²) in [6.07, 6.45) is 4.63. The number of nitrogens with two attached hydrogens (primary N) is 1. The lowest BCUT2D eigenvalue weighted by atomic mass is 9.93. The van der Waals surface area contributed by atoms with E-state index in [2.05, 4.69) is 31.5 Å². The molecule has 0 saturated carbocycles. The van der Waals surface area contributed by atoms with E-state index in [0.29, 0.717) is 5.92 Å². The van der Waals surface area contributed by atoms with E-state index in [1.165, 1.54) is 24.4 Å². The second-order valence-electron chi connectivity index (χ2n) is 5.50. The Morgan fingerprint density at radius 1 is 1.53 bits per heavy atom. The predicted molar refractivity (Wildman–Crippen MR) is 62.0 cm³/mol. The Morgan fingerprint density at radius 2 is 2.27 bits per heavy atom. The van der Waals surface area contributed by atoms with Crippen molar-refractivity contribution in [2.24, 2.45) is 5.73 Å². The molecule has 0 spiro atoms. The summed E-state index contributed by atoms with van der Waals surface area (Å²) in [6.45, 7) is 8.45. The van der Waals surface area contributed by atoms with Gasteiger partial charge in [-0.2, -0.15) is 0 Å². The first-order chi connectivity index (χ1) is 7.02. The molecule has 0 radical (unpaired) electrons. The third-order valence-electron chi connectivity index (χ3n) is 3.18. The lowest BCUT2D eigenvalue weighted by molar-refractivity contribution is 0.448. The molecule has 15 heavy (non-hydrogen) atoms. The lowest BCUT2D eigenvalue weighted by Gasteiger charge is -2.21. The van der Waals surface area contributed by atoms with Crippen molar-refractivity contribution in [3.8, 4) is 0 Å². The monoisotopic (exact) mass is 207 g/mol. The molecular formula is C12H21N3. The molecule has 84 valence electrons. The fourth-order valence-electron chi connectivity index (χ4n) is 2.16. The molecule has 0 aromatic carbocycles. The van der Waals surface area contributed by atoms with E-state index in [4.69, 9.17) is 10.7 Å². The molecule has 1 aromatic heterocycles. The van der Waals surface area contributed by atoms with Crippen LogP contribution in [0.3, 0.4) is 0 Å². The molecule has 1 aromatic rings. The topological polar surface area (TPSA) is 43.8 Å². The molecule has 0 amide bonds. The number of imidazole rings is 1. The zero-order chi connectivity index (χ0) is 11.1. The Morgan fingerprint density at radius 3 is 2.87 bits per heavy atom. The lowest BCUT2D eigenvalue weighted by Crippen LogP contribution is -2.22. The van der Waals surface area contributed by atoms with E-state index in [1.807, 2.05) is 0 Å². The summed E-state index contributed by atoms with van der Waals surface area (Å²) in [4.78, 5) is 4.76. The standard InChI is InChI=1S/C12H21N3/c1-12(2,3)10-8-15-6-4-5-9(7-13)11(15)14-10/h8-9H,4-7,13H2,1-3H3/t9-/m1/s1. The summed E-state index contributed by atoms with van der Waals surface area (Å²) in [7, 11) is 0. The summed E-state index contributed by atoms with van der Waals surface area (Å²) < 4.78 is 2.29. The van der Waals surface area contributed by atoms with E-state index in [-0.39, 0.29) is 5.41 Å². The summed E-state index contributed by atoms with van der Waals surface area (Å²) in [5, 5.41) is 0. The van der Waals surface area contributed by atoms with E-state index < -0.39 is 0 Å². The summed E-state index contributed by atoms with van der Waals surface area (Å²) in [5.74, 6) is 1.67. The summed E-state index contributed by atoms with van der Waals surface area (Å²) in [6, 6.07) is 0. The van der Waals surface area contributed by atoms with E-state index >= 15 is 0 Å². The molecule has 0 saturated heterocycles.